The van der Waals surface area contributed by atoms with Gasteiger partial charge in [-0.1, -0.05) is 47.0 Å². The fourth-order valence-corrected chi connectivity index (χ4v) is 4.68. The van der Waals surface area contributed by atoms with Crippen LogP contribution in [0.3, 0.4) is 0 Å². The number of rotatable bonds is 10. The number of methoxy groups -OCH3 is 2. The van der Waals surface area contributed by atoms with Gasteiger partial charge in [0, 0.05) is 23.5 Å². The van der Waals surface area contributed by atoms with Crippen LogP contribution < -0.4 is 14.8 Å². The summed E-state index contributed by atoms with van der Waals surface area (Å²) in [5, 5.41) is 3.14. The van der Waals surface area contributed by atoms with E-state index < -0.39 is 6.04 Å². The molecule has 0 bridgehead atoms. The fraction of sp³-hybridized carbons (Fsp3) is 0.462. The van der Waals surface area contributed by atoms with Gasteiger partial charge in [0.15, 0.2) is 11.5 Å². The summed E-state index contributed by atoms with van der Waals surface area (Å²) < 4.78 is 11.6. The first-order chi connectivity index (χ1) is 15.9. The van der Waals surface area contributed by atoms with E-state index in [1.165, 1.54) is 0 Å². The molecule has 2 amide bonds. The molecular weight excluding hydrogens is 484 g/mol. The van der Waals surface area contributed by atoms with Crippen molar-refractivity contribution in [3.05, 3.63) is 58.1 Å². The predicted octanol–water partition coefficient (Wildman–Crippen LogP) is 4.88. The second-order valence-electron chi connectivity index (χ2n) is 8.51. The van der Waals surface area contributed by atoms with E-state index in [9.17, 15) is 9.59 Å². The molecule has 178 valence electrons. The fourth-order valence-electron chi connectivity index (χ4n) is 4.24. The Balaban J connectivity index is 1.72. The van der Waals surface area contributed by atoms with Gasteiger partial charge in [-0.2, -0.15) is 0 Å². The van der Waals surface area contributed by atoms with Gasteiger partial charge >= 0.3 is 0 Å². The summed E-state index contributed by atoms with van der Waals surface area (Å²) >= 11 is 3.50. The summed E-state index contributed by atoms with van der Waals surface area (Å²) in [7, 11) is 3.19. The zero-order valence-electron chi connectivity index (χ0n) is 19.6. The molecular formula is C26H33BrN2O4. The molecule has 1 atom stereocenters. The van der Waals surface area contributed by atoms with E-state index >= 15 is 0 Å². The van der Waals surface area contributed by atoms with Gasteiger partial charge in [-0.15, -0.1) is 0 Å². The Bertz CT molecular complexity index is 959. The molecule has 0 heterocycles. The maximum Gasteiger partial charge on any atom is 0.242 e. The van der Waals surface area contributed by atoms with Crippen molar-refractivity contribution < 1.29 is 19.1 Å². The van der Waals surface area contributed by atoms with Crippen LogP contribution in [0.4, 0.5) is 0 Å². The third-order valence-electron chi connectivity index (χ3n) is 6.19. The van der Waals surface area contributed by atoms with Gasteiger partial charge in [-0.25, -0.2) is 0 Å². The average molecular weight is 517 g/mol. The molecule has 2 aromatic rings. The molecule has 1 saturated carbocycles. The molecule has 2 aromatic carbocycles. The number of nitrogens with one attached hydrogen (secondary N) is 1. The number of hydrogen-bond acceptors (Lipinski definition) is 4. The van der Waals surface area contributed by atoms with Crippen molar-refractivity contribution in [2.75, 3.05) is 14.2 Å². The lowest BCUT2D eigenvalue weighted by atomic mass is 10.1. The molecule has 33 heavy (non-hydrogen) atoms. The summed E-state index contributed by atoms with van der Waals surface area (Å²) in [6.07, 6.45) is 5.15. The van der Waals surface area contributed by atoms with Crippen molar-refractivity contribution in [2.24, 2.45) is 0 Å². The standard InChI is InChI=1S/C26H33BrN2O4/c1-18(26(31)28-22-9-4-5-10-22)29(17-20-7-6-8-21(27)15-20)25(30)14-12-19-11-13-23(32-2)24(16-19)33-3/h6-8,11,13,15-16,18,22H,4-5,9-10,12,14,17H2,1-3H3,(H,28,31)/t18-/m1/s1. The number of halogens is 1. The van der Waals surface area contributed by atoms with Crippen molar-refractivity contribution >= 4 is 27.7 Å². The third kappa shape index (κ3) is 6.97. The summed E-state index contributed by atoms with van der Waals surface area (Å²) in [6.45, 7) is 2.19. The lowest BCUT2D eigenvalue weighted by Gasteiger charge is -2.30. The lowest BCUT2D eigenvalue weighted by Crippen LogP contribution is -2.49. The zero-order valence-corrected chi connectivity index (χ0v) is 21.2. The highest BCUT2D eigenvalue weighted by Gasteiger charge is 2.28. The minimum absolute atomic E-state index is 0.0566. The first-order valence-corrected chi connectivity index (χ1v) is 12.3. The zero-order chi connectivity index (χ0) is 23.8. The van der Waals surface area contributed by atoms with Crippen LogP contribution in [-0.4, -0.2) is 43.0 Å². The van der Waals surface area contributed by atoms with Crippen LogP contribution in [-0.2, 0) is 22.6 Å². The molecule has 1 fully saturated rings. The molecule has 6 nitrogen and oxygen atoms in total. The lowest BCUT2D eigenvalue weighted by molar-refractivity contribution is -0.140. The summed E-state index contributed by atoms with van der Waals surface area (Å²) in [5.74, 6) is 1.15. The number of ether oxygens (including phenoxy) is 2. The van der Waals surface area contributed by atoms with Crippen molar-refractivity contribution in [1.29, 1.82) is 0 Å². The monoisotopic (exact) mass is 516 g/mol. The molecule has 1 aliphatic carbocycles. The van der Waals surface area contributed by atoms with E-state index in [-0.39, 0.29) is 17.9 Å². The molecule has 0 radical (unpaired) electrons. The Hall–Kier alpha value is -2.54. The number of amides is 2. The molecule has 0 aliphatic heterocycles. The summed E-state index contributed by atoms with van der Waals surface area (Å²) in [6, 6.07) is 13.2. The molecule has 0 saturated heterocycles. The highest BCUT2D eigenvalue weighted by molar-refractivity contribution is 9.10. The topological polar surface area (TPSA) is 67.9 Å². The van der Waals surface area contributed by atoms with Gasteiger partial charge in [0.25, 0.3) is 0 Å². The van der Waals surface area contributed by atoms with E-state index in [4.69, 9.17) is 9.47 Å². The van der Waals surface area contributed by atoms with Gasteiger partial charge < -0.3 is 19.7 Å². The van der Waals surface area contributed by atoms with Crippen LogP contribution in [0.15, 0.2) is 46.9 Å². The largest absolute Gasteiger partial charge is 0.493 e. The average Bonchev–Trinajstić information content (AvgIpc) is 3.33. The maximum atomic E-state index is 13.3. The molecule has 0 aromatic heterocycles. The SMILES string of the molecule is COc1ccc(CCC(=O)N(Cc2cccc(Br)c2)[C@H](C)C(=O)NC2CCCC2)cc1OC. The molecule has 1 N–H and O–H groups in total. The van der Waals surface area contributed by atoms with Gasteiger partial charge in [0.05, 0.1) is 14.2 Å². The van der Waals surface area contributed by atoms with Gasteiger partial charge in [-0.3, -0.25) is 9.59 Å². The number of carbonyl (C=O) groups excluding carboxylic acids is 2. The summed E-state index contributed by atoms with van der Waals surface area (Å²) in [4.78, 5) is 28.0. The van der Waals surface area contributed by atoms with Crippen molar-refractivity contribution in [3.8, 4) is 11.5 Å². The van der Waals surface area contributed by atoms with Crippen molar-refractivity contribution in [1.82, 2.24) is 10.2 Å². The first-order valence-electron chi connectivity index (χ1n) is 11.5. The molecule has 3 rings (SSSR count). The third-order valence-corrected chi connectivity index (χ3v) is 6.68. The molecule has 1 aliphatic rings. The Kier molecular flexibility index (Phi) is 9.18. The van der Waals surface area contributed by atoms with Crippen LogP contribution in [0.2, 0.25) is 0 Å². The quantitative estimate of drug-likeness (QED) is 0.488. The Morgan fingerprint density at radius 2 is 1.79 bits per heavy atom. The second kappa shape index (κ2) is 12.1. The number of carbonyl (C=O) groups is 2. The second-order valence-corrected chi connectivity index (χ2v) is 9.42. The predicted molar refractivity (Wildman–Crippen MR) is 132 cm³/mol. The Morgan fingerprint density at radius 1 is 1.06 bits per heavy atom. The number of hydrogen-bond donors (Lipinski definition) is 1. The summed E-state index contributed by atoms with van der Waals surface area (Å²) in [5.41, 5.74) is 1.95. The minimum atomic E-state index is -0.553. The Morgan fingerprint density at radius 3 is 2.45 bits per heavy atom. The van der Waals surface area contributed by atoms with Crippen LogP contribution in [0.1, 0.15) is 50.2 Å². The molecule has 0 unspecified atom stereocenters. The first kappa shape index (κ1) is 25.1. The number of benzene rings is 2. The van der Waals surface area contributed by atoms with E-state index in [2.05, 4.69) is 21.2 Å². The van der Waals surface area contributed by atoms with Gasteiger partial charge in [-0.05, 0) is 61.6 Å². The van der Waals surface area contributed by atoms with Crippen molar-refractivity contribution in [2.45, 2.75) is 64.1 Å². The molecule has 0 spiro atoms. The smallest absolute Gasteiger partial charge is 0.242 e. The normalized spacial score (nSPS) is 14.5. The van der Waals surface area contributed by atoms with Crippen LogP contribution in [0.25, 0.3) is 0 Å². The van der Waals surface area contributed by atoms with E-state index in [0.29, 0.717) is 30.9 Å². The van der Waals surface area contributed by atoms with Crippen LogP contribution in [0.5, 0.6) is 11.5 Å². The van der Waals surface area contributed by atoms with Crippen LogP contribution in [0, 0.1) is 0 Å². The van der Waals surface area contributed by atoms with Crippen molar-refractivity contribution in [3.63, 3.8) is 0 Å². The van der Waals surface area contributed by atoms with E-state index in [0.717, 1.165) is 41.3 Å². The van der Waals surface area contributed by atoms with Crippen LogP contribution >= 0.6 is 15.9 Å². The molecule has 7 heteroatoms. The number of aryl methyl sites for hydroxylation is 1. The van der Waals surface area contributed by atoms with Gasteiger partial charge in [0.2, 0.25) is 11.8 Å². The highest BCUT2D eigenvalue weighted by atomic mass is 79.9. The highest BCUT2D eigenvalue weighted by Crippen LogP contribution is 2.28. The van der Waals surface area contributed by atoms with E-state index in [1.807, 2.05) is 49.4 Å². The Labute approximate surface area is 204 Å². The van der Waals surface area contributed by atoms with Gasteiger partial charge in [0.1, 0.15) is 6.04 Å². The maximum absolute atomic E-state index is 13.3. The van der Waals surface area contributed by atoms with E-state index in [1.54, 1.807) is 19.1 Å². The number of nitrogens with zero attached hydrogens (tertiary/aromatic N) is 1. The minimum Gasteiger partial charge on any atom is -0.493 e.